The minimum absolute atomic E-state index is 0.157. The van der Waals surface area contributed by atoms with Crippen molar-refractivity contribution in [3.05, 3.63) is 64.1 Å². The number of carbonyl (C=O) groups excluding carboxylic acids is 1. The van der Waals surface area contributed by atoms with E-state index in [2.05, 4.69) is 15.4 Å². The van der Waals surface area contributed by atoms with Crippen LogP contribution in [0.2, 0.25) is 0 Å². The molecule has 0 aliphatic heterocycles. The number of nitrogens with one attached hydrogen (secondary N) is 1. The minimum atomic E-state index is -4.40. The number of carbonyl (C=O) groups is 1. The highest BCUT2D eigenvalue weighted by Gasteiger charge is 2.32. The summed E-state index contributed by atoms with van der Waals surface area (Å²) in [6, 6.07) is 7.15. The first-order valence-corrected chi connectivity index (χ1v) is 10.2. The Balaban J connectivity index is 1.65. The van der Waals surface area contributed by atoms with E-state index in [1.54, 1.807) is 10.6 Å². The Bertz CT molecular complexity index is 1120. The number of nitrogens with zero attached hydrogens (tertiary/aromatic N) is 3. The molecule has 2 heterocycles. The van der Waals surface area contributed by atoms with Crippen LogP contribution in [0.15, 0.2) is 30.3 Å². The van der Waals surface area contributed by atoms with E-state index in [1.165, 1.54) is 6.07 Å². The third-order valence-electron chi connectivity index (χ3n) is 5.59. The molecule has 5 nitrogen and oxygen atoms in total. The average molecular weight is 432 g/mol. The highest BCUT2D eigenvalue weighted by Crippen LogP contribution is 2.32. The number of aryl methyl sites for hydroxylation is 3. The molecule has 0 spiro atoms. The monoisotopic (exact) mass is 432 g/mol. The molecule has 31 heavy (non-hydrogen) atoms. The maximum Gasteiger partial charge on any atom is 0.416 e. The van der Waals surface area contributed by atoms with Crippen LogP contribution in [0.5, 0.6) is 0 Å². The van der Waals surface area contributed by atoms with Gasteiger partial charge in [0.15, 0.2) is 5.65 Å². The van der Waals surface area contributed by atoms with Crippen LogP contribution in [-0.4, -0.2) is 27.0 Å². The van der Waals surface area contributed by atoms with E-state index >= 15 is 0 Å². The van der Waals surface area contributed by atoms with Gasteiger partial charge in [0.05, 0.1) is 11.3 Å². The standard InChI is InChI=1S/C23H27F3N4O/c1-14-11-20-28-15(2)19(16(3)30(20)29-14)9-10-21(31)27-13-22(4,5)17-7-6-8-18(12-17)23(24,25)26/h6-8,11-12H,9-10,13H2,1-5H3,(H,27,31). The van der Waals surface area contributed by atoms with Gasteiger partial charge in [0, 0.05) is 35.8 Å². The molecule has 3 aromatic rings. The third-order valence-corrected chi connectivity index (χ3v) is 5.59. The summed E-state index contributed by atoms with van der Waals surface area (Å²) in [5.41, 5.74) is 3.64. The molecule has 1 amide bonds. The molecule has 0 atom stereocenters. The number of amides is 1. The summed E-state index contributed by atoms with van der Waals surface area (Å²) in [6.45, 7) is 9.64. The van der Waals surface area contributed by atoms with Crippen molar-refractivity contribution >= 4 is 11.6 Å². The molecule has 0 saturated carbocycles. The Morgan fingerprint density at radius 3 is 2.45 bits per heavy atom. The first kappa shape index (κ1) is 22.8. The zero-order valence-corrected chi connectivity index (χ0v) is 18.4. The molecule has 0 saturated heterocycles. The number of aromatic nitrogens is 3. The van der Waals surface area contributed by atoms with E-state index in [-0.39, 0.29) is 18.9 Å². The van der Waals surface area contributed by atoms with Crippen molar-refractivity contribution in [1.82, 2.24) is 19.9 Å². The topological polar surface area (TPSA) is 59.3 Å². The quantitative estimate of drug-likeness (QED) is 0.614. The zero-order chi connectivity index (χ0) is 23.0. The van der Waals surface area contributed by atoms with Gasteiger partial charge in [0.25, 0.3) is 0 Å². The number of halogens is 3. The second-order valence-electron chi connectivity index (χ2n) is 8.56. The summed E-state index contributed by atoms with van der Waals surface area (Å²) < 4.78 is 40.8. The van der Waals surface area contributed by atoms with Crippen LogP contribution >= 0.6 is 0 Å². The van der Waals surface area contributed by atoms with Gasteiger partial charge in [-0.25, -0.2) is 9.50 Å². The number of hydrogen-bond acceptors (Lipinski definition) is 3. The maximum atomic E-state index is 13.0. The molecular formula is C23H27F3N4O. The van der Waals surface area contributed by atoms with Gasteiger partial charge in [-0.3, -0.25) is 4.79 Å². The summed E-state index contributed by atoms with van der Waals surface area (Å²) >= 11 is 0. The summed E-state index contributed by atoms with van der Waals surface area (Å²) in [7, 11) is 0. The number of benzene rings is 1. The highest BCUT2D eigenvalue weighted by molar-refractivity contribution is 5.76. The van der Waals surface area contributed by atoms with Crippen molar-refractivity contribution in [2.24, 2.45) is 0 Å². The van der Waals surface area contributed by atoms with Gasteiger partial charge in [0.2, 0.25) is 5.91 Å². The Morgan fingerprint density at radius 2 is 1.77 bits per heavy atom. The van der Waals surface area contributed by atoms with Crippen LogP contribution in [0.3, 0.4) is 0 Å². The largest absolute Gasteiger partial charge is 0.416 e. The lowest BCUT2D eigenvalue weighted by Gasteiger charge is -2.26. The van der Waals surface area contributed by atoms with Crippen LogP contribution in [0.25, 0.3) is 5.65 Å². The molecule has 1 aromatic carbocycles. The van der Waals surface area contributed by atoms with Gasteiger partial charge in [-0.05, 0) is 44.4 Å². The van der Waals surface area contributed by atoms with Gasteiger partial charge >= 0.3 is 6.18 Å². The van der Waals surface area contributed by atoms with Gasteiger partial charge < -0.3 is 5.32 Å². The molecule has 0 fully saturated rings. The molecule has 0 bridgehead atoms. The summed E-state index contributed by atoms with van der Waals surface area (Å²) in [6.07, 6.45) is -3.63. The van der Waals surface area contributed by atoms with Crippen molar-refractivity contribution in [2.45, 2.75) is 59.1 Å². The lowest BCUT2D eigenvalue weighted by molar-refractivity contribution is -0.137. The van der Waals surface area contributed by atoms with Crippen molar-refractivity contribution < 1.29 is 18.0 Å². The van der Waals surface area contributed by atoms with Crippen LogP contribution in [0.4, 0.5) is 13.2 Å². The fraction of sp³-hybridized carbons (Fsp3) is 0.435. The maximum absolute atomic E-state index is 13.0. The lowest BCUT2D eigenvalue weighted by atomic mass is 9.83. The van der Waals surface area contributed by atoms with E-state index in [0.29, 0.717) is 12.0 Å². The molecule has 0 aliphatic carbocycles. The predicted molar refractivity (Wildman–Crippen MR) is 113 cm³/mol. The molecule has 0 aliphatic rings. The molecule has 2 aromatic heterocycles. The van der Waals surface area contributed by atoms with Gasteiger partial charge in [-0.1, -0.05) is 32.0 Å². The molecule has 1 N–H and O–H groups in total. The first-order chi connectivity index (χ1) is 14.4. The average Bonchev–Trinajstić information content (AvgIpc) is 3.06. The normalized spacial score (nSPS) is 12.4. The predicted octanol–water partition coefficient (Wildman–Crippen LogP) is 4.70. The van der Waals surface area contributed by atoms with Crippen molar-refractivity contribution in [1.29, 1.82) is 0 Å². The summed E-state index contributed by atoms with van der Waals surface area (Å²) in [5, 5.41) is 7.31. The molecule has 0 radical (unpaired) electrons. The minimum Gasteiger partial charge on any atom is -0.355 e. The van der Waals surface area contributed by atoms with Crippen molar-refractivity contribution in [2.75, 3.05) is 6.54 Å². The van der Waals surface area contributed by atoms with Crippen molar-refractivity contribution in [3.8, 4) is 0 Å². The molecule has 8 heteroatoms. The number of fused-ring (bicyclic) bond motifs is 1. The van der Waals surface area contributed by atoms with E-state index in [0.717, 1.165) is 40.4 Å². The van der Waals surface area contributed by atoms with Gasteiger partial charge in [0.1, 0.15) is 0 Å². The van der Waals surface area contributed by atoms with Crippen LogP contribution in [-0.2, 0) is 22.8 Å². The fourth-order valence-electron chi connectivity index (χ4n) is 3.67. The van der Waals surface area contributed by atoms with Gasteiger partial charge in [-0.15, -0.1) is 0 Å². The number of alkyl halides is 3. The van der Waals surface area contributed by atoms with Crippen LogP contribution < -0.4 is 5.32 Å². The molecule has 0 unspecified atom stereocenters. The first-order valence-electron chi connectivity index (χ1n) is 10.2. The van der Waals surface area contributed by atoms with Crippen LogP contribution in [0.1, 0.15) is 54.0 Å². The van der Waals surface area contributed by atoms with E-state index in [1.807, 2.05) is 40.7 Å². The number of hydrogen-bond donors (Lipinski definition) is 1. The second-order valence-corrected chi connectivity index (χ2v) is 8.56. The Kier molecular flexibility index (Phi) is 6.11. The number of rotatable bonds is 6. The Labute approximate surface area is 179 Å². The third kappa shape index (κ3) is 5.06. The molecule has 166 valence electrons. The Morgan fingerprint density at radius 1 is 1.10 bits per heavy atom. The van der Waals surface area contributed by atoms with Gasteiger partial charge in [-0.2, -0.15) is 18.3 Å². The highest BCUT2D eigenvalue weighted by atomic mass is 19.4. The van der Waals surface area contributed by atoms with Crippen molar-refractivity contribution in [3.63, 3.8) is 0 Å². The second kappa shape index (κ2) is 8.32. The summed E-state index contributed by atoms with van der Waals surface area (Å²) in [4.78, 5) is 17.0. The lowest BCUT2D eigenvalue weighted by Crippen LogP contribution is -2.37. The smallest absolute Gasteiger partial charge is 0.355 e. The molecule has 3 rings (SSSR count). The zero-order valence-electron chi connectivity index (χ0n) is 18.4. The fourth-order valence-corrected chi connectivity index (χ4v) is 3.67. The van der Waals surface area contributed by atoms with E-state index < -0.39 is 17.2 Å². The van der Waals surface area contributed by atoms with Crippen LogP contribution in [0, 0.1) is 20.8 Å². The van der Waals surface area contributed by atoms with E-state index in [4.69, 9.17) is 0 Å². The SMILES string of the molecule is Cc1cc2nc(C)c(CCC(=O)NCC(C)(C)c3cccc(C(F)(F)F)c3)c(C)n2n1. The summed E-state index contributed by atoms with van der Waals surface area (Å²) in [5.74, 6) is -0.157. The Hall–Kier alpha value is -2.90. The molecular weight excluding hydrogens is 405 g/mol. The van der Waals surface area contributed by atoms with E-state index in [9.17, 15) is 18.0 Å².